The predicted octanol–water partition coefficient (Wildman–Crippen LogP) is 4.23. The highest BCUT2D eigenvalue weighted by Crippen LogP contribution is 2.32. The second-order valence-corrected chi connectivity index (χ2v) is 9.75. The van der Waals surface area contributed by atoms with E-state index >= 15 is 0 Å². The first kappa shape index (κ1) is 25.4. The number of piperazine rings is 1. The monoisotopic (exact) mass is 511 g/mol. The molecule has 0 spiro atoms. The van der Waals surface area contributed by atoms with Gasteiger partial charge in [0, 0.05) is 61.9 Å². The number of nitrogens with zero attached hydrogens (tertiary/aromatic N) is 5. The highest BCUT2D eigenvalue weighted by Gasteiger charge is 2.15. The van der Waals surface area contributed by atoms with E-state index in [-0.39, 0.29) is 5.91 Å². The molecule has 0 unspecified atom stereocenters. The van der Waals surface area contributed by atoms with Crippen molar-refractivity contribution >= 4 is 28.3 Å². The molecule has 4 aromatic rings. The van der Waals surface area contributed by atoms with Crippen LogP contribution in [0.25, 0.3) is 22.3 Å². The quantitative estimate of drug-likeness (QED) is 0.342. The van der Waals surface area contributed by atoms with Crippen LogP contribution in [0.2, 0.25) is 0 Å². The molecule has 9 heteroatoms. The number of benzene rings is 2. The molecule has 3 heterocycles. The van der Waals surface area contributed by atoms with Gasteiger partial charge in [-0.15, -0.1) is 0 Å². The molecule has 1 saturated heterocycles. The molecule has 196 valence electrons. The summed E-state index contributed by atoms with van der Waals surface area (Å²) in [7, 11) is 6.06. The smallest absolute Gasteiger partial charge is 0.248 e. The Kier molecular flexibility index (Phi) is 7.67. The van der Waals surface area contributed by atoms with E-state index in [0.717, 1.165) is 42.8 Å². The molecule has 0 atom stereocenters. The Bertz CT molecular complexity index is 1420. The molecule has 2 aromatic heterocycles. The fourth-order valence-electron chi connectivity index (χ4n) is 4.37. The van der Waals surface area contributed by atoms with Crippen molar-refractivity contribution in [3.63, 3.8) is 0 Å². The summed E-state index contributed by atoms with van der Waals surface area (Å²) in [4.78, 5) is 31.1. The van der Waals surface area contributed by atoms with Crippen LogP contribution in [0, 0.1) is 0 Å². The van der Waals surface area contributed by atoms with Gasteiger partial charge in [0.2, 0.25) is 11.8 Å². The summed E-state index contributed by atoms with van der Waals surface area (Å²) in [6.45, 7) is 4.93. The highest BCUT2D eigenvalue weighted by atomic mass is 16.5. The summed E-state index contributed by atoms with van der Waals surface area (Å²) >= 11 is 0. The number of aromatic amines is 1. The second kappa shape index (κ2) is 11.5. The minimum atomic E-state index is -0.192. The number of H-pyrrole nitrogens is 1. The molecule has 9 nitrogen and oxygen atoms in total. The normalized spacial score (nSPS) is 14.5. The third-order valence-corrected chi connectivity index (χ3v) is 6.49. The SMILES string of the molecule is CN(C)CC=CC(=O)Nc1cccc(Oc2ncnc3[nH]c(-c4ccc(N5CCN(C)CC5)cc4)cc23)c1. The van der Waals surface area contributed by atoms with Gasteiger partial charge in [-0.25, -0.2) is 9.97 Å². The van der Waals surface area contributed by atoms with Crippen LogP contribution in [0.5, 0.6) is 11.6 Å². The summed E-state index contributed by atoms with van der Waals surface area (Å²) in [5, 5.41) is 3.65. The fourth-order valence-corrected chi connectivity index (χ4v) is 4.37. The molecule has 38 heavy (non-hydrogen) atoms. The summed E-state index contributed by atoms with van der Waals surface area (Å²) in [5.74, 6) is 0.822. The highest BCUT2D eigenvalue weighted by molar-refractivity contribution is 5.99. The van der Waals surface area contributed by atoms with E-state index < -0.39 is 0 Å². The third kappa shape index (κ3) is 6.19. The summed E-state index contributed by atoms with van der Waals surface area (Å²) in [5.41, 5.74) is 4.59. The number of amides is 1. The molecule has 1 aliphatic heterocycles. The molecule has 1 amide bonds. The average Bonchev–Trinajstić information content (AvgIpc) is 3.35. The first-order valence-electron chi connectivity index (χ1n) is 12.7. The van der Waals surface area contributed by atoms with Crippen molar-refractivity contribution in [2.45, 2.75) is 0 Å². The van der Waals surface area contributed by atoms with Gasteiger partial charge in [0.15, 0.2) is 0 Å². The van der Waals surface area contributed by atoms with Gasteiger partial charge in [-0.1, -0.05) is 24.3 Å². The third-order valence-electron chi connectivity index (χ3n) is 6.49. The van der Waals surface area contributed by atoms with Gasteiger partial charge >= 0.3 is 0 Å². The number of ether oxygens (including phenoxy) is 1. The second-order valence-electron chi connectivity index (χ2n) is 9.75. The van der Waals surface area contributed by atoms with E-state index in [1.165, 1.54) is 18.1 Å². The zero-order valence-corrected chi connectivity index (χ0v) is 22.0. The lowest BCUT2D eigenvalue weighted by Gasteiger charge is -2.34. The van der Waals surface area contributed by atoms with E-state index in [0.29, 0.717) is 29.5 Å². The number of nitrogens with one attached hydrogen (secondary N) is 2. The van der Waals surface area contributed by atoms with Gasteiger partial charge < -0.3 is 29.7 Å². The first-order valence-corrected chi connectivity index (χ1v) is 12.7. The van der Waals surface area contributed by atoms with Crippen molar-refractivity contribution in [3.8, 4) is 22.9 Å². The van der Waals surface area contributed by atoms with Crippen LogP contribution in [0.3, 0.4) is 0 Å². The Morgan fingerprint density at radius 3 is 2.63 bits per heavy atom. The lowest BCUT2D eigenvalue weighted by Crippen LogP contribution is -2.44. The van der Waals surface area contributed by atoms with E-state index in [2.05, 4.69) is 61.4 Å². The van der Waals surface area contributed by atoms with E-state index in [4.69, 9.17) is 4.74 Å². The van der Waals surface area contributed by atoms with Gasteiger partial charge in [0.1, 0.15) is 17.7 Å². The van der Waals surface area contributed by atoms with Crippen LogP contribution >= 0.6 is 0 Å². The molecule has 0 aliphatic carbocycles. The minimum Gasteiger partial charge on any atom is -0.438 e. The Morgan fingerprint density at radius 1 is 1.08 bits per heavy atom. The van der Waals surface area contributed by atoms with Crippen LogP contribution < -0.4 is 15.0 Å². The lowest BCUT2D eigenvalue weighted by atomic mass is 10.1. The molecule has 1 aliphatic rings. The van der Waals surface area contributed by atoms with Crippen molar-refractivity contribution in [3.05, 3.63) is 73.1 Å². The van der Waals surface area contributed by atoms with Crippen LogP contribution in [-0.4, -0.2) is 84.5 Å². The van der Waals surface area contributed by atoms with Gasteiger partial charge in [0.05, 0.1) is 5.39 Å². The number of hydrogen-bond donors (Lipinski definition) is 2. The van der Waals surface area contributed by atoms with Crippen LogP contribution in [0.1, 0.15) is 0 Å². The maximum absolute atomic E-state index is 12.2. The van der Waals surface area contributed by atoms with Gasteiger partial charge in [-0.2, -0.15) is 0 Å². The molecule has 2 N–H and O–H groups in total. The number of rotatable bonds is 8. The maximum atomic E-state index is 12.2. The van der Waals surface area contributed by atoms with Gasteiger partial charge in [-0.05, 0) is 57.0 Å². The summed E-state index contributed by atoms with van der Waals surface area (Å²) < 4.78 is 6.13. The lowest BCUT2D eigenvalue weighted by molar-refractivity contribution is -0.111. The van der Waals surface area contributed by atoms with Crippen molar-refractivity contribution < 1.29 is 9.53 Å². The van der Waals surface area contributed by atoms with E-state index in [1.54, 1.807) is 6.07 Å². The molecular formula is C29H33N7O2. The largest absolute Gasteiger partial charge is 0.438 e. The zero-order chi connectivity index (χ0) is 26.5. The van der Waals surface area contributed by atoms with Crippen LogP contribution in [0.15, 0.2) is 73.1 Å². The van der Waals surface area contributed by atoms with Gasteiger partial charge in [0.25, 0.3) is 0 Å². The summed E-state index contributed by atoms with van der Waals surface area (Å²) in [6, 6.07) is 17.9. The van der Waals surface area contributed by atoms with E-state index in [1.807, 2.05) is 49.3 Å². The Hall–Kier alpha value is -4.21. The molecule has 0 bridgehead atoms. The standard InChI is InChI=1S/C29H33N7O2/c1-34(2)13-5-8-27(37)32-22-6-4-7-24(18-22)38-29-25-19-26(33-28(25)30-20-31-29)21-9-11-23(12-10-21)36-16-14-35(3)15-17-36/h4-12,18-20H,13-17H2,1-3H3,(H,32,37)(H,30,31,33). The van der Waals surface area contributed by atoms with Crippen molar-refractivity contribution in [2.24, 2.45) is 0 Å². The minimum absolute atomic E-state index is 0.192. The van der Waals surface area contributed by atoms with Crippen LogP contribution in [-0.2, 0) is 4.79 Å². The Labute approximate surface area is 222 Å². The van der Waals surface area contributed by atoms with Crippen molar-refractivity contribution in [1.29, 1.82) is 0 Å². The fraction of sp³-hybridized carbons (Fsp3) is 0.276. The number of hydrogen-bond acceptors (Lipinski definition) is 7. The zero-order valence-electron chi connectivity index (χ0n) is 22.0. The topological polar surface area (TPSA) is 89.6 Å². The number of carbonyl (C=O) groups is 1. The van der Waals surface area contributed by atoms with Crippen LogP contribution in [0.4, 0.5) is 11.4 Å². The number of anilines is 2. The first-order chi connectivity index (χ1) is 18.4. The molecule has 0 saturated carbocycles. The average molecular weight is 512 g/mol. The van der Waals surface area contributed by atoms with Crippen molar-refractivity contribution in [1.82, 2.24) is 24.8 Å². The molecule has 0 radical (unpaired) electrons. The number of likely N-dealkylation sites (N-methyl/N-ethyl adjacent to an activating group) is 2. The molecule has 5 rings (SSSR count). The Morgan fingerprint density at radius 2 is 1.87 bits per heavy atom. The Balaban J connectivity index is 1.30. The van der Waals surface area contributed by atoms with Gasteiger partial charge in [-0.3, -0.25) is 4.79 Å². The number of fused-ring (bicyclic) bond motifs is 1. The molecular weight excluding hydrogens is 478 g/mol. The number of carbonyl (C=O) groups excluding carboxylic acids is 1. The number of aromatic nitrogens is 3. The van der Waals surface area contributed by atoms with Crippen molar-refractivity contribution in [2.75, 3.05) is 64.1 Å². The molecule has 1 fully saturated rings. The van der Waals surface area contributed by atoms with E-state index in [9.17, 15) is 4.79 Å². The summed E-state index contributed by atoms with van der Waals surface area (Å²) in [6.07, 6.45) is 4.83. The predicted molar refractivity (Wildman–Crippen MR) is 152 cm³/mol. The molecule has 2 aromatic carbocycles. The maximum Gasteiger partial charge on any atom is 0.248 e.